The number of hydrogen-bond acceptors (Lipinski definition) is 5. The summed E-state index contributed by atoms with van der Waals surface area (Å²) in [5.41, 5.74) is 3.00. The van der Waals surface area contributed by atoms with Gasteiger partial charge >= 0.3 is 6.16 Å². The number of fused-ring (bicyclic) bond motifs is 3. The third-order valence-electron chi connectivity index (χ3n) is 4.41. The molecule has 0 aliphatic heterocycles. The summed E-state index contributed by atoms with van der Waals surface area (Å²) in [6, 6.07) is 14.9. The van der Waals surface area contributed by atoms with E-state index in [1.54, 1.807) is 25.1 Å². The predicted molar refractivity (Wildman–Crippen MR) is 104 cm³/mol. The molecule has 0 atom stereocenters. The van der Waals surface area contributed by atoms with Crippen molar-refractivity contribution in [3.63, 3.8) is 0 Å². The number of benzene rings is 2. The van der Waals surface area contributed by atoms with Gasteiger partial charge < -0.3 is 19.4 Å². The second-order valence-corrected chi connectivity index (χ2v) is 6.09. The Balaban J connectivity index is 1.91. The molecule has 0 aliphatic carbocycles. The topological polar surface area (TPSA) is 108 Å². The van der Waals surface area contributed by atoms with E-state index >= 15 is 0 Å². The number of nitrogens with zero attached hydrogens (tertiary/aromatic N) is 1. The lowest BCUT2D eigenvalue weighted by Gasteiger charge is -2.07. The van der Waals surface area contributed by atoms with Crippen LogP contribution in [0.4, 0.5) is 4.79 Å². The number of carbonyl (C=O) groups is 1. The van der Waals surface area contributed by atoms with Gasteiger partial charge in [0.1, 0.15) is 5.52 Å². The molecule has 4 rings (SSSR count). The first kappa shape index (κ1) is 17.4. The van der Waals surface area contributed by atoms with Gasteiger partial charge in [0.25, 0.3) is 5.56 Å². The number of carbonyl (C=O) groups excluding carboxylic acids is 1. The Morgan fingerprint density at radius 1 is 1.14 bits per heavy atom. The number of pyridine rings is 1. The maximum absolute atomic E-state index is 12.4. The van der Waals surface area contributed by atoms with Crippen LogP contribution in [0.25, 0.3) is 32.9 Å². The van der Waals surface area contributed by atoms with E-state index in [9.17, 15) is 9.59 Å². The molecular formula is C21H15N3O4. The van der Waals surface area contributed by atoms with Crippen LogP contribution >= 0.6 is 0 Å². The second kappa shape index (κ2) is 6.93. The highest BCUT2D eigenvalue weighted by atomic mass is 16.7. The Morgan fingerprint density at radius 3 is 2.61 bits per heavy atom. The zero-order valence-corrected chi connectivity index (χ0v) is 14.9. The highest BCUT2D eigenvalue weighted by Crippen LogP contribution is 2.33. The van der Waals surface area contributed by atoms with Crippen LogP contribution in [0.2, 0.25) is 0 Å². The molecule has 2 aromatic carbocycles. The van der Waals surface area contributed by atoms with Crippen molar-refractivity contribution in [2.45, 2.75) is 6.92 Å². The van der Waals surface area contributed by atoms with E-state index in [1.807, 2.05) is 24.3 Å². The van der Waals surface area contributed by atoms with Crippen molar-refractivity contribution in [1.29, 1.82) is 5.26 Å². The van der Waals surface area contributed by atoms with Gasteiger partial charge in [-0.05, 0) is 42.3 Å². The molecule has 2 heterocycles. The van der Waals surface area contributed by atoms with Crippen molar-refractivity contribution < 1.29 is 14.3 Å². The van der Waals surface area contributed by atoms with Crippen LogP contribution in [0, 0.1) is 11.3 Å². The molecule has 2 aromatic heterocycles. The lowest BCUT2D eigenvalue weighted by molar-refractivity contribution is 0.105. The molecule has 0 bridgehead atoms. The number of rotatable bonds is 3. The SMILES string of the molecule is CCOC(=O)Oc1c[nH]c2c(=O)[nH]c3ccc(-c4ccc(C#N)cc4)cc3c12. The molecule has 0 unspecified atom stereocenters. The lowest BCUT2D eigenvalue weighted by Crippen LogP contribution is -2.10. The summed E-state index contributed by atoms with van der Waals surface area (Å²) < 4.78 is 10.1. The number of ether oxygens (including phenoxy) is 2. The van der Waals surface area contributed by atoms with Crippen molar-refractivity contribution in [3.8, 4) is 22.9 Å². The number of aromatic nitrogens is 2. The molecule has 4 aromatic rings. The summed E-state index contributed by atoms with van der Waals surface area (Å²) in [7, 11) is 0. The Bertz CT molecular complexity index is 1290. The van der Waals surface area contributed by atoms with E-state index in [0.717, 1.165) is 16.5 Å². The van der Waals surface area contributed by atoms with E-state index in [-0.39, 0.29) is 17.9 Å². The van der Waals surface area contributed by atoms with Crippen molar-refractivity contribution in [2.75, 3.05) is 6.61 Å². The summed E-state index contributed by atoms with van der Waals surface area (Å²) >= 11 is 0. The summed E-state index contributed by atoms with van der Waals surface area (Å²) in [4.78, 5) is 29.8. The van der Waals surface area contributed by atoms with Gasteiger partial charge in [0, 0.05) is 17.1 Å². The van der Waals surface area contributed by atoms with Gasteiger partial charge in [-0.2, -0.15) is 5.26 Å². The monoisotopic (exact) mass is 373 g/mol. The Hall–Kier alpha value is -4.05. The number of aromatic amines is 2. The van der Waals surface area contributed by atoms with Gasteiger partial charge in [0.2, 0.25) is 0 Å². The maximum atomic E-state index is 12.4. The van der Waals surface area contributed by atoms with Crippen molar-refractivity contribution in [1.82, 2.24) is 9.97 Å². The summed E-state index contributed by atoms with van der Waals surface area (Å²) in [6.45, 7) is 1.87. The van der Waals surface area contributed by atoms with Crippen LogP contribution in [0.5, 0.6) is 5.75 Å². The van der Waals surface area contributed by atoms with E-state index in [2.05, 4.69) is 16.0 Å². The maximum Gasteiger partial charge on any atom is 0.513 e. The van der Waals surface area contributed by atoms with Crippen LogP contribution in [0.1, 0.15) is 12.5 Å². The molecule has 0 spiro atoms. The first-order chi connectivity index (χ1) is 13.6. The van der Waals surface area contributed by atoms with Crippen LogP contribution in [-0.2, 0) is 4.74 Å². The smallest absolute Gasteiger partial charge is 0.434 e. The summed E-state index contributed by atoms with van der Waals surface area (Å²) in [5.74, 6) is 0.224. The fraction of sp³-hybridized carbons (Fsp3) is 0.0952. The first-order valence-corrected chi connectivity index (χ1v) is 8.63. The van der Waals surface area contributed by atoms with Gasteiger partial charge in [-0.3, -0.25) is 4.79 Å². The average Bonchev–Trinajstić information content (AvgIpc) is 3.13. The van der Waals surface area contributed by atoms with E-state index < -0.39 is 6.16 Å². The van der Waals surface area contributed by atoms with Crippen LogP contribution in [-0.4, -0.2) is 22.7 Å². The normalized spacial score (nSPS) is 10.7. The molecule has 0 saturated carbocycles. The molecule has 2 N–H and O–H groups in total. The molecule has 7 nitrogen and oxygen atoms in total. The quantitative estimate of drug-likeness (QED) is 0.526. The average molecular weight is 373 g/mol. The van der Waals surface area contributed by atoms with Crippen LogP contribution in [0.3, 0.4) is 0 Å². The molecule has 0 radical (unpaired) electrons. The Labute approximate surface area is 159 Å². The predicted octanol–water partition coefficient (Wildman–Crippen LogP) is 4.08. The minimum Gasteiger partial charge on any atom is -0.434 e. The molecule has 7 heteroatoms. The van der Waals surface area contributed by atoms with Crippen molar-refractivity contribution >= 4 is 28.0 Å². The van der Waals surface area contributed by atoms with Gasteiger partial charge in [-0.15, -0.1) is 0 Å². The fourth-order valence-electron chi connectivity index (χ4n) is 3.13. The standard InChI is InChI=1S/C21H15N3O4/c1-2-27-21(26)28-17-11-23-19-18(17)15-9-14(7-8-16(15)24-20(19)25)13-5-3-12(10-22)4-6-13/h3-9,11,23H,2H2,1H3,(H,24,25). The Morgan fingerprint density at radius 2 is 1.89 bits per heavy atom. The minimum atomic E-state index is -0.833. The summed E-state index contributed by atoms with van der Waals surface area (Å²) in [6.07, 6.45) is 0.630. The van der Waals surface area contributed by atoms with Crippen molar-refractivity contribution in [3.05, 3.63) is 64.6 Å². The van der Waals surface area contributed by atoms with Crippen LogP contribution < -0.4 is 10.3 Å². The van der Waals surface area contributed by atoms with Gasteiger partial charge in [-0.1, -0.05) is 18.2 Å². The molecule has 0 aliphatic rings. The van der Waals surface area contributed by atoms with E-state index in [4.69, 9.17) is 14.7 Å². The number of nitrogens with one attached hydrogen (secondary N) is 2. The van der Waals surface area contributed by atoms with E-state index in [1.165, 1.54) is 6.20 Å². The molecule has 0 fully saturated rings. The second-order valence-electron chi connectivity index (χ2n) is 6.09. The fourth-order valence-corrected chi connectivity index (χ4v) is 3.13. The zero-order valence-electron chi connectivity index (χ0n) is 14.9. The minimum absolute atomic E-state index is 0.186. The summed E-state index contributed by atoms with van der Waals surface area (Å²) in [5, 5.41) is 10.2. The lowest BCUT2D eigenvalue weighted by atomic mass is 10.0. The van der Waals surface area contributed by atoms with Crippen molar-refractivity contribution in [2.24, 2.45) is 0 Å². The number of H-pyrrole nitrogens is 2. The molecule has 138 valence electrons. The van der Waals surface area contributed by atoms with Gasteiger partial charge in [0.15, 0.2) is 5.75 Å². The molecule has 28 heavy (non-hydrogen) atoms. The number of hydrogen-bond donors (Lipinski definition) is 2. The number of nitriles is 1. The third kappa shape index (κ3) is 2.97. The Kier molecular flexibility index (Phi) is 4.30. The van der Waals surface area contributed by atoms with Gasteiger partial charge in [0.05, 0.1) is 23.6 Å². The van der Waals surface area contributed by atoms with Crippen LogP contribution in [0.15, 0.2) is 53.5 Å². The highest BCUT2D eigenvalue weighted by molar-refractivity contribution is 6.09. The third-order valence-corrected chi connectivity index (χ3v) is 4.41. The zero-order chi connectivity index (χ0) is 19.7. The first-order valence-electron chi connectivity index (χ1n) is 8.63. The molecular weight excluding hydrogens is 358 g/mol. The van der Waals surface area contributed by atoms with Gasteiger partial charge in [-0.25, -0.2) is 4.79 Å². The highest BCUT2D eigenvalue weighted by Gasteiger charge is 2.16. The van der Waals surface area contributed by atoms with E-state index in [0.29, 0.717) is 22.0 Å². The molecule has 0 amide bonds. The molecule has 0 saturated heterocycles. The largest absolute Gasteiger partial charge is 0.513 e.